The van der Waals surface area contributed by atoms with Crippen LogP contribution >= 0.6 is 0 Å². The zero-order valence-corrected chi connectivity index (χ0v) is 11.6. The highest BCUT2D eigenvalue weighted by molar-refractivity contribution is 5.32. The van der Waals surface area contributed by atoms with Crippen LogP contribution in [0.2, 0.25) is 0 Å². The van der Waals surface area contributed by atoms with Crippen molar-refractivity contribution in [2.45, 2.75) is 38.3 Å². The number of hydrogen-bond acceptors (Lipinski definition) is 1. The van der Waals surface area contributed by atoms with Crippen molar-refractivity contribution in [1.82, 2.24) is 9.88 Å². The molecule has 19 heavy (non-hydrogen) atoms. The number of fused-ring (bicyclic) bond motifs is 1. The van der Waals surface area contributed by atoms with Crippen molar-refractivity contribution in [3.63, 3.8) is 0 Å². The van der Waals surface area contributed by atoms with Crippen molar-refractivity contribution < 1.29 is 0 Å². The van der Waals surface area contributed by atoms with Crippen molar-refractivity contribution in [3.8, 4) is 0 Å². The predicted octanol–water partition coefficient (Wildman–Crippen LogP) is 3.33. The van der Waals surface area contributed by atoms with Crippen molar-refractivity contribution in [3.05, 3.63) is 59.4 Å². The first kappa shape index (κ1) is 12.5. The van der Waals surface area contributed by atoms with E-state index in [0.717, 1.165) is 13.1 Å². The van der Waals surface area contributed by atoms with Crippen LogP contribution in [-0.4, -0.2) is 11.6 Å². The summed E-state index contributed by atoms with van der Waals surface area (Å²) in [6, 6.07) is 11.2. The first-order chi connectivity index (χ1) is 9.36. The Morgan fingerprint density at radius 2 is 2.16 bits per heavy atom. The number of rotatable bonds is 4. The zero-order valence-electron chi connectivity index (χ0n) is 11.6. The van der Waals surface area contributed by atoms with Gasteiger partial charge in [-0.1, -0.05) is 24.3 Å². The third-order valence-electron chi connectivity index (χ3n) is 4.12. The highest BCUT2D eigenvalue weighted by atomic mass is 14.9. The molecule has 2 aromatic rings. The molecule has 1 N–H and O–H groups in total. The molecule has 0 amide bonds. The summed E-state index contributed by atoms with van der Waals surface area (Å²) in [5.41, 5.74) is 4.49. The minimum absolute atomic E-state index is 0.680. The average Bonchev–Trinajstić information content (AvgIpc) is 2.87. The van der Waals surface area contributed by atoms with E-state index < -0.39 is 0 Å². The smallest absolute Gasteiger partial charge is 0.0288 e. The largest absolute Gasteiger partial charge is 0.353 e. The SMILES string of the molecule is CNCc1ccn(CC2CCCc3ccccc32)c1. The van der Waals surface area contributed by atoms with Crippen LogP contribution in [0.15, 0.2) is 42.7 Å². The summed E-state index contributed by atoms with van der Waals surface area (Å²) < 4.78 is 2.35. The normalized spacial score (nSPS) is 18.3. The second-order valence-corrected chi connectivity index (χ2v) is 5.53. The van der Waals surface area contributed by atoms with Crippen LogP contribution < -0.4 is 5.32 Å². The fraction of sp³-hybridized carbons (Fsp3) is 0.412. The summed E-state index contributed by atoms with van der Waals surface area (Å²) in [5, 5.41) is 3.20. The molecule has 0 saturated carbocycles. The molecule has 0 radical (unpaired) electrons. The van der Waals surface area contributed by atoms with E-state index >= 15 is 0 Å². The van der Waals surface area contributed by atoms with Gasteiger partial charge in [-0.3, -0.25) is 0 Å². The summed E-state index contributed by atoms with van der Waals surface area (Å²) >= 11 is 0. The highest BCUT2D eigenvalue weighted by Gasteiger charge is 2.19. The number of nitrogens with zero attached hydrogens (tertiary/aromatic N) is 1. The summed E-state index contributed by atoms with van der Waals surface area (Å²) in [6.45, 7) is 2.06. The Labute approximate surface area is 115 Å². The Kier molecular flexibility index (Phi) is 3.69. The van der Waals surface area contributed by atoms with Crippen molar-refractivity contribution in [2.75, 3.05) is 7.05 Å². The van der Waals surface area contributed by atoms with Gasteiger partial charge in [0.15, 0.2) is 0 Å². The molecule has 0 spiro atoms. The molecule has 1 aromatic heterocycles. The molecule has 1 aliphatic rings. The van der Waals surface area contributed by atoms with Gasteiger partial charge in [0.05, 0.1) is 0 Å². The second-order valence-electron chi connectivity index (χ2n) is 5.53. The van der Waals surface area contributed by atoms with Crippen LogP contribution in [0.25, 0.3) is 0 Å². The van der Waals surface area contributed by atoms with Gasteiger partial charge >= 0.3 is 0 Å². The van der Waals surface area contributed by atoms with Gasteiger partial charge in [-0.25, -0.2) is 0 Å². The molecule has 1 atom stereocenters. The molecule has 3 rings (SSSR count). The lowest BCUT2D eigenvalue weighted by molar-refractivity contribution is 0.484. The van der Waals surface area contributed by atoms with Gasteiger partial charge in [-0.05, 0) is 49.1 Å². The van der Waals surface area contributed by atoms with Crippen LogP contribution in [0.3, 0.4) is 0 Å². The quantitative estimate of drug-likeness (QED) is 0.885. The molecule has 1 aromatic carbocycles. The third-order valence-corrected chi connectivity index (χ3v) is 4.12. The first-order valence-corrected chi connectivity index (χ1v) is 7.24. The number of hydrogen-bond donors (Lipinski definition) is 1. The summed E-state index contributed by atoms with van der Waals surface area (Å²) in [7, 11) is 1.99. The maximum absolute atomic E-state index is 3.20. The van der Waals surface area contributed by atoms with Gasteiger partial charge in [-0.15, -0.1) is 0 Å². The molecule has 1 heterocycles. The fourth-order valence-electron chi connectivity index (χ4n) is 3.21. The predicted molar refractivity (Wildman–Crippen MR) is 79.3 cm³/mol. The standard InChI is InChI=1S/C17H22N2/c1-18-11-14-9-10-19(12-14)13-16-7-4-6-15-5-2-3-8-17(15)16/h2-3,5,8-10,12,16,18H,4,6-7,11,13H2,1H3. The van der Waals surface area contributed by atoms with Crippen LogP contribution in [0.5, 0.6) is 0 Å². The molecule has 0 fully saturated rings. The molecule has 0 saturated heterocycles. The molecule has 100 valence electrons. The Balaban J connectivity index is 1.76. The topological polar surface area (TPSA) is 17.0 Å². The van der Waals surface area contributed by atoms with E-state index in [9.17, 15) is 0 Å². The number of aryl methyl sites for hydroxylation is 1. The molecule has 0 aliphatic heterocycles. The average molecular weight is 254 g/mol. The van der Waals surface area contributed by atoms with E-state index in [1.807, 2.05) is 7.05 Å². The molecule has 1 unspecified atom stereocenters. The van der Waals surface area contributed by atoms with Gasteiger partial charge in [0, 0.05) is 31.4 Å². The molecular weight excluding hydrogens is 232 g/mol. The van der Waals surface area contributed by atoms with Crippen molar-refractivity contribution in [1.29, 1.82) is 0 Å². The summed E-state index contributed by atoms with van der Waals surface area (Å²) in [6.07, 6.45) is 8.38. The Morgan fingerprint density at radius 3 is 3.05 bits per heavy atom. The van der Waals surface area contributed by atoms with Gasteiger partial charge in [0.25, 0.3) is 0 Å². The van der Waals surface area contributed by atoms with Crippen LogP contribution in [-0.2, 0) is 19.5 Å². The zero-order chi connectivity index (χ0) is 13.1. The maximum Gasteiger partial charge on any atom is 0.0288 e. The first-order valence-electron chi connectivity index (χ1n) is 7.24. The highest BCUT2D eigenvalue weighted by Crippen LogP contribution is 2.32. The van der Waals surface area contributed by atoms with Crippen LogP contribution in [0.4, 0.5) is 0 Å². The maximum atomic E-state index is 3.20. The second kappa shape index (κ2) is 5.62. The molecule has 2 nitrogen and oxygen atoms in total. The van der Waals surface area contributed by atoms with E-state index in [-0.39, 0.29) is 0 Å². The fourth-order valence-corrected chi connectivity index (χ4v) is 3.21. The van der Waals surface area contributed by atoms with Crippen LogP contribution in [0, 0.1) is 0 Å². The molecule has 2 heteroatoms. The van der Waals surface area contributed by atoms with Gasteiger partial charge in [0.2, 0.25) is 0 Å². The number of aromatic nitrogens is 1. The minimum atomic E-state index is 0.680. The molecule has 0 bridgehead atoms. The van der Waals surface area contributed by atoms with E-state index in [0.29, 0.717) is 5.92 Å². The van der Waals surface area contributed by atoms with E-state index in [1.54, 1.807) is 11.1 Å². The third kappa shape index (κ3) is 2.74. The van der Waals surface area contributed by atoms with Gasteiger partial charge in [0.1, 0.15) is 0 Å². The Hall–Kier alpha value is -1.54. The summed E-state index contributed by atoms with van der Waals surface area (Å²) in [5.74, 6) is 0.680. The Bertz CT molecular complexity index is 542. The lowest BCUT2D eigenvalue weighted by Gasteiger charge is -2.25. The van der Waals surface area contributed by atoms with Gasteiger partial charge < -0.3 is 9.88 Å². The van der Waals surface area contributed by atoms with E-state index in [2.05, 4.69) is 52.6 Å². The van der Waals surface area contributed by atoms with Gasteiger partial charge in [-0.2, -0.15) is 0 Å². The number of benzene rings is 1. The monoisotopic (exact) mass is 254 g/mol. The molecular formula is C17H22N2. The van der Waals surface area contributed by atoms with E-state index in [1.165, 1.54) is 24.8 Å². The minimum Gasteiger partial charge on any atom is -0.353 e. The van der Waals surface area contributed by atoms with Crippen molar-refractivity contribution in [2.24, 2.45) is 0 Å². The van der Waals surface area contributed by atoms with E-state index in [4.69, 9.17) is 0 Å². The molecule has 1 aliphatic carbocycles. The lowest BCUT2D eigenvalue weighted by Crippen LogP contribution is -2.14. The Morgan fingerprint density at radius 1 is 1.26 bits per heavy atom. The van der Waals surface area contributed by atoms with Crippen molar-refractivity contribution >= 4 is 0 Å². The number of nitrogens with one attached hydrogen (secondary N) is 1. The summed E-state index contributed by atoms with van der Waals surface area (Å²) in [4.78, 5) is 0. The lowest BCUT2D eigenvalue weighted by atomic mass is 9.83. The van der Waals surface area contributed by atoms with Crippen LogP contribution in [0.1, 0.15) is 35.4 Å².